The normalized spacial score (nSPS) is 12.2. The predicted molar refractivity (Wildman–Crippen MR) is 224 cm³/mol. The van der Waals surface area contributed by atoms with Gasteiger partial charge in [-0.15, -0.1) is 0 Å². The summed E-state index contributed by atoms with van der Waals surface area (Å²) >= 11 is 0. The molecule has 0 spiro atoms. The van der Waals surface area contributed by atoms with Gasteiger partial charge in [0.2, 0.25) is 0 Å². The third kappa shape index (κ3) is 46.2. The maximum absolute atomic E-state index is 11.2. The van der Waals surface area contributed by atoms with Gasteiger partial charge in [0, 0.05) is 26.4 Å². The average molecular weight is 821 g/mol. The Balaban J connectivity index is -0.0000125. The van der Waals surface area contributed by atoms with Gasteiger partial charge in [-0.2, -0.15) is 16.8 Å². The number of unbranched alkanes of at least 4 members (excludes halogenated alkanes) is 22. The van der Waals surface area contributed by atoms with Crippen molar-refractivity contribution in [2.24, 2.45) is 5.41 Å². The van der Waals surface area contributed by atoms with Crippen LogP contribution in [0.25, 0.3) is 0 Å². The van der Waals surface area contributed by atoms with E-state index < -0.39 is 25.7 Å². The summed E-state index contributed by atoms with van der Waals surface area (Å²) < 4.78 is 87.0. The van der Waals surface area contributed by atoms with E-state index >= 15 is 0 Å². The van der Waals surface area contributed by atoms with Crippen molar-refractivity contribution < 1.29 is 44.9 Å². The Bertz CT molecular complexity index is 880. The quantitative estimate of drug-likeness (QED) is 0.0349. The van der Waals surface area contributed by atoms with Crippen molar-refractivity contribution in [1.29, 1.82) is 0 Å². The van der Waals surface area contributed by atoms with Crippen molar-refractivity contribution in [1.82, 2.24) is 0 Å². The van der Waals surface area contributed by atoms with Gasteiger partial charge in [0.1, 0.15) is 0 Å². The third-order valence-electron chi connectivity index (χ3n) is 9.30. The van der Waals surface area contributed by atoms with Crippen LogP contribution in [0, 0.1) is 5.41 Å². The van der Waals surface area contributed by atoms with Crippen LogP contribution >= 0.6 is 0 Å². The molecule has 0 radical (unpaired) electrons. The van der Waals surface area contributed by atoms with Crippen LogP contribution in [-0.2, 0) is 39.2 Å². The second-order valence-corrected chi connectivity index (χ2v) is 17.9. The summed E-state index contributed by atoms with van der Waals surface area (Å²) in [6.07, 6.45) is 30.7. The molecule has 0 aromatic heterocycles. The molecule has 0 fully saturated rings. The molecule has 0 saturated heterocycles. The van der Waals surface area contributed by atoms with Gasteiger partial charge in [0.15, 0.2) is 0 Å². The van der Waals surface area contributed by atoms with E-state index in [1.807, 2.05) is 0 Å². The van der Waals surface area contributed by atoms with Crippen LogP contribution in [0.15, 0.2) is 0 Å². The molecule has 0 amide bonds. The molecule has 14 heteroatoms. The van der Waals surface area contributed by atoms with Gasteiger partial charge in [-0.25, -0.2) is 0 Å². The van der Waals surface area contributed by atoms with Gasteiger partial charge in [0.25, 0.3) is 20.2 Å². The molecule has 0 rings (SSSR count). The summed E-state index contributed by atoms with van der Waals surface area (Å²) in [6, 6.07) is 0. The van der Waals surface area contributed by atoms with E-state index in [0.717, 1.165) is 25.7 Å². The maximum atomic E-state index is 11.2. The minimum atomic E-state index is -4.07. The predicted octanol–water partition coefficient (Wildman–Crippen LogP) is 8.70. The molecule has 0 aliphatic carbocycles. The van der Waals surface area contributed by atoms with Crippen LogP contribution in [0.4, 0.5) is 0 Å². The van der Waals surface area contributed by atoms with E-state index in [-0.39, 0.29) is 110 Å². The second kappa shape index (κ2) is 41.8. The Morgan fingerprint density at radius 3 is 0.792 bits per heavy atom. The van der Waals surface area contributed by atoms with Crippen LogP contribution < -0.4 is 0 Å². The first-order chi connectivity index (χ1) is 24.5. The molecular formula is C39H82Na2O10S2. The molecule has 0 atom stereocenters. The fraction of sp³-hybridized carbons (Fsp3) is 1.00. The number of hydrogen-bond donors (Lipinski definition) is 2. The summed E-state index contributed by atoms with van der Waals surface area (Å²) in [7, 11) is -8.14. The Morgan fingerprint density at radius 2 is 0.566 bits per heavy atom. The van der Waals surface area contributed by atoms with Crippen LogP contribution in [0.1, 0.15) is 181 Å². The average Bonchev–Trinajstić information content (AvgIpc) is 3.07. The molecule has 0 aromatic carbocycles. The third-order valence-corrected chi connectivity index (χ3v) is 10.9. The van der Waals surface area contributed by atoms with Crippen molar-refractivity contribution >= 4 is 79.4 Å². The molecule has 0 heterocycles. The van der Waals surface area contributed by atoms with Crippen molar-refractivity contribution in [3.8, 4) is 0 Å². The molecule has 10 nitrogen and oxygen atoms in total. The number of rotatable bonds is 42. The SMILES string of the molecule is CCCCCCCCCCCCCCOCC(COCCCCCCCCCCCCCC)(COCCCS(=O)(=O)O)COCCCS(=O)(=O)O.[NaH].[NaH]. The van der Waals surface area contributed by atoms with Crippen molar-refractivity contribution in [2.45, 2.75) is 181 Å². The zero-order chi connectivity index (χ0) is 37.8. The van der Waals surface area contributed by atoms with Gasteiger partial charge in [-0.3, -0.25) is 9.11 Å². The van der Waals surface area contributed by atoms with E-state index in [0.29, 0.717) is 26.4 Å². The Kier molecular flexibility index (Phi) is 46.5. The summed E-state index contributed by atoms with van der Waals surface area (Å²) in [5.74, 6) is -0.756. The monoisotopic (exact) mass is 821 g/mol. The van der Waals surface area contributed by atoms with Crippen molar-refractivity contribution in [3.63, 3.8) is 0 Å². The molecule has 0 saturated carbocycles. The van der Waals surface area contributed by atoms with E-state index in [2.05, 4.69) is 13.8 Å². The molecule has 2 N–H and O–H groups in total. The molecule has 312 valence electrons. The molecule has 53 heavy (non-hydrogen) atoms. The molecule has 0 aromatic rings. The Labute approximate surface area is 371 Å². The first-order valence-corrected chi connectivity index (χ1v) is 24.0. The summed E-state index contributed by atoms with van der Waals surface area (Å²) in [4.78, 5) is 0. The van der Waals surface area contributed by atoms with Crippen molar-refractivity contribution in [3.05, 3.63) is 0 Å². The molecule has 0 bridgehead atoms. The molecule has 0 aliphatic rings. The number of ether oxygens (including phenoxy) is 4. The van der Waals surface area contributed by atoms with Crippen molar-refractivity contribution in [2.75, 3.05) is 64.4 Å². The molecule has 0 unspecified atom stereocenters. The van der Waals surface area contributed by atoms with Gasteiger partial charge >= 0.3 is 59.1 Å². The zero-order valence-electron chi connectivity index (χ0n) is 32.9. The van der Waals surface area contributed by atoms with E-state index in [1.54, 1.807) is 0 Å². The summed E-state index contributed by atoms with van der Waals surface area (Å²) in [5, 5.41) is 0. The Morgan fingerprint density at radius 1 is 0.358 bits per heavy atom. The van der Waals surface area contributed by atoms with Crippen LogP contribution in [-0.4, -0.2) is 149 Å². The first-order valence-electron chi connectivity index (χ1n) is 20.7. The second-order valence-electron chi connectivity index (χ2n) is 14.8. The van der Waals surface area contributed by atoms with Gasteiger partial charge in [0.05, 0.1) is 43.3 Å². The minimum absolute atomic E-state index is 0. The van der Waals surface area contributed by atoms with E-state index in [9.17, 15) is 16.8 Å². The fourth-order valence-corrected chi connectivity index (χ4v) is 7.15. The van der Waals surface area contributed by atoms with Crippen LogP contribution in [0.5, 0.6) is 0 Å². The van der Waals surface area contributed by atoms with Gasteiger partial charge < -0.3 is 18.9 Å². The molecular weight excluding hydrogens is 739 g/mol. The standard InChI is InChI=1S/C39H80O10S2.2Na.2H/c1-3-5-7-9-11-13-15-17-19-21-23-25-29-46-35-39(37-48-31-27-33-50(40,41)42,38-49-32-28-34-51(43,44)45)36-47-30-26-24-22-20-18-16-14-12-10-8-6-4-2;;;;/h3-38H2,1-2H3,(H,40,41,42)(H,43,44,45);;;;. The van der Waals surface area contributed by atoms with Gasteiger partial charge in [-0.1, -0.05) is 155 Å². The number of hydrogen-bond acceptors (Lipinski definition) is 8. The zero-order valence-corrected chi connectivity index (χ0v) is 34.6. The summed E-state index contributed by atoms with van der Waals surface area (Å²) in [5.41, 5.74) is -0.676. The topological polar surface area (TPSA) is 146 Å². The first kappa shape index (κ1) is 59.0. The Hall–Kier alpha value is 1.66. The van der Waals surface area contributed by atoms with E-state index in [1.165, 1.54) is 128 Å². The fourth-order valence-electron chi connectivity index (χ4n) is 6.18. The van der Waals surface area contributed by atoms with Crippen LogP contribution in [0.2, 0.25) is 0 Å². The van der Waals surface area contributed by atoms with E-state index in [4.69, 9.17) is 28.1 Å². The van der Waals surface area contributed by atoms with Gasteiger partial charge in [-0.05, 0) is 25.7 Å². The molecule has 0 aliphatic heterocycles. The van der Waals surface area contributed by atoms with Crippen LogP contribution in [0.3, 0.4) is 0 Å². The summed E-state index contributed by atoms with van der Waals surface area (Å²) in [6.45, 7) is 7.03.